The van der Waals surface area contributed by atoms with Gasteiger partial charge in [0.2, 0.25) is 0 Å². The molecule has 6 heteroatoms. The molecular weight excluding hydrogens is 239 g/mol. The van der Waals surface area contributed by atoms with Crippen LogP contribution in [0, 0.1) is 0 Å². The number of hydrogen-bond donors (Lipinski definition) is 0. The smallest absolute Gasteiger partial charge is 0.379 e. The zero-order valence-electron chi connectivity index (χ0n) is 6.57. The molecule has 2 nitrogen and oxygen atoms in total. The van der Waals surface area contributed by atoms with Crippen LogP contribution in [0.15, 0.2) is 11.8 Å². The summed E-state index contributed by atoms with van der Waals surface area (Å²) in [6.07, 6.45) is 0.737. The summed E-state index contributed by atoms with van der Waals surface area (Å²) in [5.41, 5.74) is 0. The molecule has 0 saturated heterocycles. The van der Waals surface area contributed by atoms with Crippen LogP contribution in [0.1, 0.15) is 13.3 Å². The van der Waals surface area contributed by atoms with E-state index in [1.807, 2.05) is 6.92 Å². The lowest BCUT2D eigenvalue weighted by Crippen LogP contribution is -2.23. The van der Waals surface area contributed by atoms with Crippen molar-refractivity contribution in [1.29, 1.82) is 0 Å². The van der Waals surface area contributed by atoms with Gasteiger partial charge < -0.3 is 4.74 Å². The third-order valence-corrected chi connectivity index (χ3v) is 3.97. The van der Waals surface area contributed by atoms with Crippen LogP contribution in [0.5, 0.6) is 0 Å². The van der Waals surface area contributed by atoms with Gasteiger partial charge in [0, 0.05) is 0 Å². The second-order valence-corrected chi connectivity index (χ2v) is 10.6. The lowest BCUT2D eigenvalue weighted by molar-refractivity contribution is -0.138. The molecule has 0 aromatic carbocycles. The lowest BCUT2D eigenvalue weighted by atomic mass is 10.5. The number of hydrogen-bond acceptors (Lipinski definition) is 2. The van der Waals surface area contributed by atoms with Gasteiger partial charge in [-0.3, -0.25) is 0 Å². The molecule has 0 rings (SSSR count). The maximum absolute atomic E-state index is 11.0. The third kappa shape index (κ3) is 4.35. The summed E-state index contributed by atoms with van der Waals surface area (Å²) in [6.45, 7) is 5.57. The SMILES string of the molecule is C=C(C(=O)OCCC)[Si](Cl)(Cl)Cl. The first kappa shape index (κ1) is 12.3. The van der Waals surface area contributed by atoms with E-state index in [0.29, 0.717) is 6.61 Å². The molecule has 0 aromatic heterocycles. The Balaban J connectivity index is 4.04. The maximum Gasteiger partial charge on any atom is 0.379 e. The molecule has 0 fully saturated rings. The monoisotopic (exact) mass is 246 g/mol. The molecule has 0 aliphatic heterocycles. The Morgan fingerprint density at radius 3 is 2.33 bits per heavy atom. The summed E-state index contributed by atoms with van der Waals surface area (Å²) in [5, 5.41) is -0.0269. The molecule has 0 aliphatic carbocycles. The largest absolute Gasteiger partial charge is 0.463 e. The Kier molecular flexibility index (Phi) is 5.25. The first-order chi connectivity index (χ1) is 5.39. The van der Waals surface area contributed by atoms with Crippen LogP contribution >= 0.6 is 33.2 Å². The fourth-order valence-corrected chi connectivity index (χ4v) is 1.40. The highest BCUT2D eigenvalue weighted by molar-refractivity contribution is 7.68. The molecule has 0 amide bonds. The van der Waals surface area contributed by atoms with E-state index < -0.39 is 12.0 Å². The lowest BCUT2D eigenvalue weighted by Gasteiger charge is -2.10. The highest BCUT2D eigenvalue weighted by Gasteiger charge is 2.35. The minimum absolute atomic E-state index is 0.0269. The number of esters is 1. The summed E-state index contributed by atoms with van der Waals surface area (Å²) >= 11 is 16.6. The molecule has 0 atom stereocenters. The Hall–Kier alpha value is 0.297. The average molecular weight is 248 g/mol. The highest BCUT2D eigenvalue weighted by atomic mass is 35.8. The van der Waals surface area contributed by atoms with E-state index in [1.54, 1.807) is 0 Å². The fraction of sp³-hybridized carbons (Fsp3) is 0.500. The summed E-state index contributed by atoms with van der Waals surface area (Å²) in [6, 6.07) is -3.13. The molecule has 0 aromatic rings. The molecule has 70 valence electrons. The first-order valence-corrected chi connectivity index (χ1v) is 8.36. The molecule has 12 heavy (non-hydrogen) atoms. The zero-order chi connectivity index (χ0) is 9.78. The van der Waals surface area contributed by atoms with Crippen molar-refractivity contribution in [2.24, 2.45) is 0 Å². The summed E-state index contributed by atoms with van der Waals surface area (Å²) < 4.78 is 4.72. The van der Waals surface area contributed by atoms with E-state index in [-0.39, 0.29) is 5.20 Å². The van der Waals surface area contributed by atoms with Crippen molar-refractivity contribution in [3.63, 3.8) is 0 Å². The topological polar surface area (TPSA) is 26.3 Å². The summed E-state index contributed by atoms with van der Waals surface area (Å²) in [5.74, 6) is -0.608. The number of rotatable bonds is 4. The fourth-order valence-electron chi connectivity index (χ4n) is 0.398. The van der Waals surface area contributed by atoms with Crippen molar-refractivity contribution in [2.45, 2.75) is 13.3 Å². The zero-order valence-corrected chi connectivity index (χ0v) is 9.84. The van der Waals surface area contributed by atoms with Gasteiger partial charge in [0.25, 0.3) is 0 Å². The number of ether oxygens (including phenoxy) is 1. The summed E-state index contributed by atoms with van der Waals surface area (Å²) in [7, 11) is 0. The van der Waals surface area contributed by atoms with Gasteiger partial charge >= 0.3 is 12.0 Å². The molecule has 0 bridgehead atoms. The van der Waals surface area contributed by atoms with E-state index in [9.17, 15) is 4.79 Å². The molecule has 0 unspecified atom stereocenters. The molecule has 0 N–H and O–H groups in total. The van der Waals surface area contributed by atoms with Gasteiger partial charge in [0.1, 0.15) is 0 Å². The molecule has 0 heterocycles. The number of carbonyl (C=O) groups is 1. The third-order valence-electron chi connectivity index (χ3n) is 1.03. The van der Waals surface area contributed by atoms with Crippen molar-refractivity contribution in [3.8, 4) is 0 Å². The predicted molar refractivity (Wildman–Crippen MR) is 53.7 cm³/mol. The van der Waals surface area contributed by atoms with E-state index in [0.717, 1.165) is 6.42 Å². The van der Waals surface area contributed by atoms with E-state index >= 15 is 0 Å². The second-order valence-electron chi connectivity index (χ2n) is 2.11. The quantitative estimate of drug-likeness (QED) is 0.330. The Labute approximate surface area is 86.6 Å². The molecule has 0 saturated carbocycles. The van der Waals surface area contributed by atoms with Crippen molar-refractivity contribution >= 4 is 45.2 Å². The van der Waals surface area contributed by atoms with E-state index in [4.69, 9.17) is 38.0 Å². The van der Waals surface area contributed by atoms with Gasteiger partial charge in [-0.15, -0.1) is 33.2 Å². The Morgan fingerprint density at radius 2 is 2.00 bits per heavy atom. The molecular formula is C6H9Cl3O2Si. The standard InChI is InChI=1S/C6H9Cl3O2Si/c1-3-4-11-6(10)5(2)12(7,8)9/h2-4H2,1H3. The Morgan fingerprint density at radius 1 is 1.50 bits per heavy atom. The highest BCUT2D eigenvalue weighted by Crippen LogP contribution is 2.28. The van der Waals surface area contributed by atoms with E-state index in [1.165, 1.54) is 0 Å². The van der Waals surface area contributed by atoms with Gasteiger partial charge in [0.15, 0.2) is 0 Å². The minimum Gasteiger partial charge on any atom is -0.463 e. The van der Waals surface area contributed by atoms with Gasteiger partial charge in [0.05, 0.1) is 11.8 Å². The van der Waals surface area contributed by atoms with Crippen molar-refractivity contribution < 1.29 is 9.53 Å². The van der Waals surface area contributed by atoms with Crippen LogP contribution in [-0.4, -0.2) is 18.6 Å². The number of carbonyl (C=O) groups excluding carboxylic acids is 1. The van der Waals surface area contributed by atoms with Crippen LogP contribution in [0.25, 0.3) is 0 Å². The van der Waals surface area contributed by atoms with E-state index in [2.05, 4.69) is 6.58 Å². The van der Waals surface area contributed by atoms with Crippen LogP contribution in [0.2, 0.25) is 0 Å². The predicted octanol–water partition coefficient (Wildman–Crippen LogP) is 2.69. The first-order valence-electron chi connectivity index (χ1n) is 3.32. The van der Waals surface area contributed by atoms with Gasteiger partial charge in [-0.25, -0.2) is 4.79 Å². The van der Waals surface area contributed by atoms with Crippen molar-refractivity contribution in [1.82, 2.24) is 0 Å². The average Bonchev–Trinajstić information content (AvgIpc) is 1.97. The minimum atomic E-state index is -3.13. The van der Waals surface area contributed by atoms with Crippen LogP contribution in [-0.2, 0) is 9.53 Å². The molecule has 0 spiro atoms. The molecule has 0 radical (unpaired) electrons. The maximum atomic E-state index is 11.0. The van der Waals surface area contributed by atoms with Crippen LogP contribution in [0.3, 0.4) is 0 Å². The van der Waals surface area contributed by atoms with Crippen LogP contribution in [0.4, 0.5) is 0 Å². The Bertz CT molecular complexity index is 188. The second kappa shape index (κ2) is 5.12. The number of halogens is 3. The van der Waals surface area contributed by atoms with Gasteiger partial charge in [-0.2, -0.15) is 0 Å². The van der Waals surface area contributed by atoms with Crippen molar-refractivity contribution in [3.05, 3.63) is 11.8 Å². The normalized spacial score (nSPS) is 11.0. The van der Waals surface area contributed by atoms with Gasteiger partial charge in [-0.05, 0) is 6.42 Å². The van der Waals surface area contributed by atoms with Gasteiger partial charge in [-0.1, -0.05) is 13.5 Å². The van der Waals surface area contributed by atoms with Crippen LogP contribution < -0.4 is 0 Å². The van der Waals surface area contributed by atoms with Crippen molar-refractivity contribution in [2.75, 3.05) is 6.61 Å². The molecule has 0 aliphatic rings. The summed E-state index contributed by atoms with van der Waals surface area (Å²) in [4.78, 5) is 11.0.